The second-order valence-corrected chi connectivity index (χ2v) is 5.72. The van der Waals surface area contributed by atoms with Crippen LogP contribution in [0.15, 0.2) is 5.16 Å². The maximum Gasteiger partial charge on any atom is 0.269 e. The summed E-state index contributed by atoms with van der Waals surface area (Å²) < 4.78 is 0. The Kier molecular flexibility index (Phi) is 4.68. The van der Waals surface area contributed by atoms with Crippen LogP contribution >= 0.6 is 12.4 Å². The van der Waals surface area contributed by atoms with Crippen molar-refractivity contribution in [3.8, 4) is 0 Å². The highest BCUT2D eigenvalue weighted by molar-refractivity contribution is 6.39. The summed E-state index contributed by atoms with van der Waals surface area (Å²) in [6.45, 7) is 1.84. The van der Waals surface area contributed by atoms with Crippen LogP contribution in [0.2, 0.25) is 0 Å². The van der Waals surface area contributed by atoms with Crippen molar-refractivity contribution in [1.82, 2.24) is 10.6 Å². The first-order chi connectivity index (χ1) is 8.77. The monoisotopic (exact) mass is 287 g/mol. The van der Waals surface area contributed by atoms with Crippen LogP contribution in [0, 0.1) is 0 Å². The van der Waals surface area contributed by atoms with Crippen LogP contribution in [0.25, 0.3) is 0 Å². The van der Waals surface area contributed by atoms with E-state index in [0.29, 0.717) is 18.2 Å². The van der Waals surface area contributed by atoms with Crippen LogP contribution in [0.4, 0.5) is 0 Å². The average Bonchev–Trinajstić information content (AvgIpc) is 3.01. The van der Waals surface area contributed by atoms with E-state index in [4.69, 9.17) is 4.84 Å². The molecule has 3 aliphatic rings. The van der Waals surface area contributed by atoms with Crippen LogP contribution in [-0.4, -0.2) is 36.4 Å². The number of carbonyl (C=O) groups excluding carboxylic acids is 1. The number of rotatable bonds is 2. The SMILES string of the molecule is Cl.O=C(NC1CCCC1)C1=NOC2(CCCNC2)C1. The number of nitrogens with zero attached hydrogens (tertiary/aromatic N) is 1. The Balaban J connectivity index is 0.00000133. The molecular formula is C13H22ClN3O2. The van der Waals surface area contributed by atoms with Crippen molar-refractivity contribution in [2.24, 2.45) is 5.16 Å². The lowest BCUT2D eigenvalue weighted by Gasteiger charge is -2.30. The molecule has 19 heavy (non-hydrogen) atoms. The molecule has 5 nitrogen and oxygen atoms in total. The Bertz CT molecular complexity index is 361. The Morgan fingerprint density at radius 3 is 2.84 bits per heavy atom. The van der Waals surface area contributed by atoms with Crippen LogP contribution in [0.3, 0.4) is 0 Å². The van der Waals surface area contributed by atoms with Crippen molar-refractivity contribution < 1.29 is 9.63 Å². The van der Waals surface area contributed by atoms with E-state index in [1.807, 2.05) is 0 Å². The van der Waals surface area contributed by atoms with Crippen molar-refractivity contribution >= 4 is 24.0 Å². The van der Waals surface area contributed by atoms with E-state index in [1.54, 1.807) is 0 Å². The molecule has 1 spiro atoms. The zero-order valence-electron chi connectivity index (χ0n) is 11.1. The zero-order chi connectivity index (χ0) is 12.4. The Morgan fingerprint density at radius 2 is 2.16 bits per heavy atom. The normalized spacial score (nSPS) is 30.6. The molecule has 108 valence electrons. The number of oxime groups is 1. The Hall–Kier alpha value is -0.810. The Morgan fingerprint density at radius 1 is 1.37 bits per heavy atom. The first kappa shape index (κ1) is 14.6. The van der Waals surface area contributed by atoms with Crippen molar-refractivity contribution in [2.45, 2.75) is 56.6 Å². The summed E-state index contributed by atoms with van der Waals surface area (Å²) in [4.78, 5) is 17.6. The summed E-state index contributed by atoms with van der Waals surface area (Å²) in [5.74, 6) is -0.0238. The molecule has 2 N–H and O–H groups in total. The van der Waals surface area contributed by atoms with Crippen molar-refractivity contribution in [2.75, 3.05) is 13.1 Å². The van der Waals surface area contributed by atoms with E-state index in [1.165, 1.54) is 12.8 Å². The smallest absolute Gasteiger partial charge is 0.269 e. The first-order valence-electron chi connectivity index (χ1n) is 7.04. The van der Waals surface area contributed by atoms with Crippen LogP contribution in [-0.2, 0) is 9.63 Å². The van der Waals surface area contributed by atoms with Gasteiger partial charge in [-0.15, -0.1) is 12.4 Å². The van der Waals surface area contributed by atoms with Gasteiger partial charge in [0.15, 0.2) is 5.60 Å². The minimum atomic E-state index is -0.249. The molecular weight excluding hydrogens is 266 g/mol. The molecule has 1 saturated heterocycles. The Labute approximate surface area is 119 Å². The number of nitrogens with one attached hydrogen (secondary N) is 2. The minimum Gasteiger partial charge on any atom is -0.387 e. The number of carbonyl (C=O) groups is 1. The van der Waals surface area contributed by atoms with E-state index in [2.05, 4.69) is 15.8 Å². The number of amides is 1. The third kappa shape index (κ3) is 3.20. The lowest BCUT2D eigenvalue weighted by atomic mass is 9.89. The summed E-state index contributed by atoms with van der Waals surface area (Å²) in [6.07, 6.45) is 7.39. The fraction of sp³-hybridized carbons (Fsp3) is 0.846. The van der Waals surface area contributed by atoms with Gasteiger partial charge in [0.2, 0.25) is 0 Å². The van der Waals surface area contributed by atoms with Gasteiger partial charge in [0.25, 0.3) is 5.91 Å². The second kappa shape index (κ2) is 6.09. The van der Waals surface area contributed by atoms with E-state index in [-0.39, 0.29) is 23.9 Å². The molecule has 1 saturated carbocycles. The minimum absolute atomic E-state index is 0. The van der Waals surface area contributed by atoms with Gasteiger partial charge in [-0.3, -0.25) is 4.79 Å². The maximum absolute atomic E-state index is 12.1. The molecule has 1 unspecified atom stereocenters. The van der Waals surface area contributed by atoms with Gasteiger partial charge in [-0.25, -0.2) is 0 Å². The molecule has 1 atom stereocenters. The quantitative estimate of drug-likeness (QED) is 0.806. The summed E-state index contributed by atoms with van der Waals surface area (Å²) in [6, 6.07) is 0.348. The molecule has 0 aromatic carbocycles. The van der Waals surface area contributed by atoms with Crippen molar-refractivity contribution in [1.29, 1.82) is 0 Å². The highest BCUT2D eigenvalue weighted by Crippen LogP contribution is 2.30. The van der Waals surface area contributed by atoms with Gasteiger partial charge in [-0.2, -0.15) is 0 Å². The van der Waals surface area contributed by atoms with Crippen molar-refractivity contribution in [3.05, 3.63) is 0 Å². The van der Waals surface area contributed by atoms with Crippen LogP contribution in [0.5, 0.6) is 0 Å². The fourth-order valence-electron chi connectivity index (χ4n) is 3.15. The summed E-state index contributed by atoms with van der Waals surface area (Å²) in [5, 5.41) is 10.4. The van der Waals surface area contributed by atoms with Crippen LogP contribution in [0.1, 0.15) is 44.9 Å². The van der Waals surface area contributed by atoms with Crippen LogP contribution < -0.4 is 10.6 Å². The fourth-order valence-corrected chi connectivity index (χ4v) is 3.15. The highest BCUT2D eigenvalue weighted by Gasteiger charge is 2.42. The number of halogens is 1. The third-order valence-electron chi connectivity index (χ3n) is 4.22. The van der Waals surface area contributed by atoms with Gasteiger partial charge in [0.1, 0.15) is 5.71 Å². The number of hydrogen-bond donors (Lipinski definition) is 2. The van der Waals surface area contributed by atoms with E-state index in [9.17, 15) is 4.79 Å². The topological polar surface area (TPSA) is 62.7 Å². The molecule has 0 aromatic heterocycles. The predicted molar refractivity (Wildman–Crippen MR) is 75.6 cm³/mol. The maximum atomic E-state index is 12.1. The second-order valence-electron chi connectivity index (χ2n) is 5.72. The van der Waals surface area contributed by atoms with E-state index >= 15 is 0 Å². The molecule has 2 heterocycles. The van der Waals surface area contributed by atoms with E-state index in [0.717, 1.165) is 38.8 Å². The molecule has 1 amide bonds. The standard InChI is InChI=1S/C13H21N3O2.ClH/c17-12(15-10-4-1-2-5-10)11-8-13(18-16-11)6-3-7-14-9-13;/h10,14H,1-9H2,(H,15,17);1H. The molecule has 2 aliphatic heterocycles. The molecule has 2 fully saturated rings. The lowest BCUT2D eigenvalue weighted by molar-refractivity contribution is -0.115. The highest BCUT2D eigenvalue weighted by atomic mass is 35.5. The molecule has 0 aromatic rings. The molecule has 3 rings (SSSR count). The molecule has 0 bridgehead atoms. The molecule has 0 radical (unpaired) electrons. The average molecular weight is 288 g/mol. The predicted octanol–water partition coefficient (Wildman–Crippen LogP) is 1.37. The van der Waals surface area contributed by atoms with Gasteiger partial charge in [-0.05, 0) is 32.2 Å². The lowest BCUT2D eigenvalue weighted by Crippen LogP contribution is -2.47. The first-order valence-corrected chi connectivity index (χ1v) is 7.04. The largest absolute Gasteiger partial charge is 0.387 e. The number of piperidine rings is 1. The van der Waals surface area contributed by atoms with Gasteiger partial charge in [-0.1, -0.05) is 18.0 Å². The van der Waals surface area contributed by atoms with Gasteiger partial charge in [0, 0.05) is 19.0 Å². The summed E-state index contributed by atoms with van der Waals surface area (Å²) in [5.41, 5.74) is 0.325. The molecule has 6 heteroatoms. The van der Waals surface area contributed by atoms with E-state index < -0.39 is 0 Å². The zero-order valence-corrected chi connectivity index (χ0v) is 11.9. The van der Waals surface area contributed by atoms with Gasteiger partial charge in [0.05, 0.1) is 0 Å². The molecule has 1 aliphatic carbocycles. The number of hydrogen-bond acceptors (Lipinski definition) is 4. The van der Waals surface area contributed by atoms with Crippen molar-refractivity contribution in [3.63, 3.8) is 0 Å². The summed E-state index contributed by atoms with van der Waals surface area (Å²) >= 11 is 0. The summed E-state index contributed by atoms with van der Waals surface area (Å²) in [7, 11) is 0. The third-order valence-corrected chi connectivity index (χ3v) is 4.22. The van der Waals surface area contributed by atoms with Gasteiger partial charge >= 0.3 is 0 Å². The van der Waals surface area contributed by atoms with Gasteiger partial charge < -0.3 is 15.5 Å².